The molecule has 1 aliphatic rings. The van der Waals surface area contributed by atoms with Crippen LogP contribution >= 0.6 is 11.8 Å². The Kier molecular flexibility index (Phi) is 7.12. The van der Waals surface area contributed by atoms with Gasteiger partial charge in [0.1, 0.15) is 0 Å². The molecule has 0 aromatic rings. The van der Waals surface area contributed by atoms with Crippen LogP contribution in [0.2, 0.25) is 0 Å². The number of carboxylic acid groups (broad SMARTS) is 1. The fourth-order valence-electron chi connectivity index (χ4n) is 1.71. The second-order valence-electron chi connectivity index (χ2n) is 4.46. The highest BCUT2D eigenvalue weighted by Crippen LogP contribution is 2.17. The number of carbonyl (C=O) groups excluding carboxylic acids is 1. The molecule has 104 valence electrons. The van der Waals surface area contributed by atoms with Crippen LogP contribution in [0.4, 0.5) is 0 Å². The number of amides is 1. The van der Waals surface area contributed by atoms with E-state index in [9.17, 15) is 9.59 Å². The van der Waals surface area contributed by atoms with Crippen molar-refractivity contribution >= 4 is 23.6 Å². The van der Waals surface area contributed by atoms with Crippen LogP contribution in [-0.4, -0.2) is 59.7 Å². The van der Waals surface area contributed by atoms with Gasteiger partial charge in [-0.2, -0.15) is 0 Å². The van der Waals surface area contributed by atoms with Gasteiger partial charge in [-0.3, -0.25) is 9.59 Å². The second-order valence-corrected chi connectivity index (χ2v) is 5.49. The van der Waals surface area contributed by atoms with Gasteiger partial charge >= 0.3 is 5.97 Å². The number of carbonyl (C=O) groups is 2. The van der Waals surface area contributed by atoms with Crippen molar-refractivity contribution in [2.75, 3.05) is 31.7 Å². The van der Waals surface area contributed by atoms with Crippen molar-refractivity contribution in [1.29, 1.82) is 0 Å². The summed E-state index contributed by atoms with van der Waals surface area (Å²) < 4.78 is 5.58. The van der Waals surface area contributed by atoms with E-state index in [0.717, 1.165) is 25.2 Å². The number of ether oxygens (including phenoxy) is 1. The molecular formula is C12H21NO4S. The minimum Gasteiger partial charge on any atom is -0.481 e. The van der Waals surface area contributed by atoms with Crippen molar-refractivity contribution < 1.29 is 19.4 Å². The molecule has 0 saturated carbocycles. The minimum atomic E-state index is -0.877. The van der Waals surface area contributed by atoms with Crippen LogP contribution in [0.25, 0.3) is 0 Å². The summed E-state index contributed by atoms with van der Waals surface area (Å²) in [5.41, 5.74) is 0. The molecule has 1 unspecified atom stereocenters. The summed E-state index contributed by atoms with van der Waals surface area (Å²) in [6.45, 7) is 1.10. The van der Waals surface area contributed by atoms with Crippen LogP contribution < -0.4 is 0 Å². The fraction of sp³-hybridized carbons (Fsp3) is 0.833. The van der Waals surface area contributed by atoms with E-state index in [-0.39, 0.29) is 25.0 Å². The third-order valence-corrected chi connectivity index (χ3v) is 3.95. The Morgan fingerprint density at radius 1 is 1.44 bits per heavy atom. The summed E-state index contributed by atoms with van der Waals surface area (Å²) in [4.78, 5) is 23.5. The molecular weight excluding hydrogens is 254 g/mol. The summed E-state index contributed by atoms with van der Waals surface area (Å²) in [5.74, 6) is 0.351. The minimum absolute atomic E-state index is 0.00135. The van der Waals surface area contributed by atoms with Crippen LogP contribution in [-0.2, 0) is 14.3 Å². The van der Waals surface area contributed by atoms with Crippen LogP contribution in [0.5, 0.6) is 0 Å². The van der Waals surface area contributed by atoms with Gasteiger partial charge in [0.05, 0.1) is 18.3 Å². The topological polar surface area (TPSA) is 66.8 Å². The van der Waals surface area contributed by atoms with E-state index in [1.807, 2.05) is 0 Å². The van der Waals surface area contributed by atoms with E-state index in [1.165, 1.54) is 11.3 Å². The van der Waals surface area contributed by atoms with E-state index in [4.69, 9.17) is 9.84 Å². The third-order valence-electron chi connectivity index (χ3n) is 2.89. The Morgan fingerprint density at radius 3 is 2.83 bits per heavy atom. The quantitative estimate of drug-likeness (QED) is 0.757. The van der Waals surface area contributed by atoms with Crippen LogP contribution in [0, 0.1) is 0 Å². The van der Waals surface area contributed by atoms with Crippen molar-refractivity contribution in [3.05, 3.63) is 0 Å². The molecule has 1 saturated heterocycles. The highest BCUT2D eigenvalue weighted by molar-refractivity contribution is 7.99. The van der Waals surface area contributed by atoms with Gasteiger partial charge in [0.2, 0.25) is 5.91 Å². The van der Waals surface area contributed by atoms with Gasteiger partial charge in [0.15, 0.2) is 0 Å². The second kappa shape index (κ2) is 8.37. The molecule has 1 amide bonds. The van der Waals surface area contributed by atoms with Crippen molar-refractivity contribution in [1.82, 2.24) is 4.90 Å². The molecule has 1 N–H and O–H groups in total. The van der Waals surface area contributed by atoms with Gasteiger partial charge in [-0.05, 0) is 19.3 Å². The smallest absolute Gasteiger partial charge is 0.305 e. The van der Waals surface area contributed by atoms with Crippen molar-refractivity contribution in [3.8, 4) is 0 Å². The highest BCUT2D eigenvalue weighted by Gasteiger charge is 2.15. The predicted molar refractivity (Wildman–Crippen MR) is 70.8 cm³/mol. The van der Waals surface area contributed by atoms with Gasteiger partial charge in [0.25, 0.3) is 0 Å². The van der Waals surface area contributed by atoms with Gasteiger partial charge in [-0.25, -0.2) is 0 Å². The maximum Gasteiger partial charge on any atom is 0.305 e. The fourth-order valence-corrected chi connectivity index (χ4v) is 2.75. The van der Waals surface area contributed by atoms with Crippen LogP contribution in [0.1, 0.15) is 25.7 Å². The molecule has 0 spiro atoms. The Hall–Kier alpha value is -0.750. The van der Waals surface area contributed by atoms with Gasteiger partial charge in [-0.1, -0.05) is 0 Å². The van der Waals surface area contributed by atoms with Gasteiger partial charge < -0.3 is 14.7 Å². The first-order valence-corrected chi connectivity index (χ1v) is 7.40. The average Bonchev–Trinajstić information content (AvgIpc) is 2.37. The van der Waals surface area contributed by atoms with E-state index in [0.29, 0.717) is 5.75 Å². The zero-order chi connectivity index (χ0) is 13.4. The van der Waals surface area contributed by atoms with Crippen molar-refractivity contribution in [2.45, 2.75) is 31.8 Å². The molecule has 1 heterocycles. The van der Waals surface area contributed by atoms with E-state index in [2.05, 4.69) is 0 Å². The molecule has 0 aromatic heterocycles. The molecule has 18 heavy (non-hydrogen) atoms. The number of carboxylic acids is 1. The largest absolute Gasteiger partial charge is 0.481 e. The third kappa shape index (κ3) is 6.26. The normalized spacial score (nSPS) is 19.5. The van der Waals surface area contributed by atoms with Crippen LogP contribution in [0.15, 0.2) is 0 Å². The molecule has 0 aromatic carbocycles. The molecule has 0 aliphatic carbocycles. The Labute approximate surface area is 112 Å². The number of hydrogen-bond donors (Lipinski definition) is 1. The van der Waals surface area contributed by atoms with Crippen LogP contribution in [0.3, 0.4) is 0 Å². The Bertz CT molecular complexity index is 279. The summed E-state index contributed by atoms with van der Waals surface area (Å²) in [5, 5.41) is 8.53. The van der Waals surface area contributed by atoms with Crippen molar-refractivity contribution in [3.63, 3.8) is 0 Å². The monoisotopic (exact) mass is 275 g/mol. The first-order valence-electron chi connectivity index (χ1n) is 6.24. The van der Waals surface area contributed by atoms with Gasteiger partial charge in [0, 0.05) is 26.0 Å². The Balaban J connectivity index is 2.09. The number of thioether (sulfide) groups is 1. The number of nitrogens with zero attached hydrogens (tertiary/aromatic N) is 1. The standard InChI is InChI=1S/C12H21NO4S/c1-13(6-5-12(15)16)11(14)9-18-8-10-4-2-3-7-17-10/h10H,2-9H2,1H3,(H,15,16). The molecule has 1 aliphatic heterocycles. The van der Waals surface area contributed by atoms with Crippen molar-refractivity contribution in [2.24, 2.45) is 0 Å². The van der Waals surface area contributed by atoms with E-state index < -0.39 is 5.97 Å². The lowest BCUT2D eigenvalue weighted by Crippen LogP contribution is -2.31. The molecule has 1 atom stereocenters. The lowest BCUT2D eigenvalue weighted by Gasteiger charge is -2.22. The number of hydrogen-bond acceptors (Lipinski definition) is 4. The molecule has 5 nitrogen and oxygen atoms in total. The number of aliphatic carboxylic acids is 1. The lowest BCUT2D eigenvalue weighted by atomic mass is 10.1. The summed E-state index contributed by atoms with van der Waals surface area (Å²) in [6, 6.07) is 0. The van der Waals surface area contributed by atoms with E-state index >= 15 is 0 Å². The number of rotatable bonds is 7. The zero-order valence-corrected chi connectivity index (χ0v) is 11.6. The maximum absolute atomic E-state index is 11.7. The first kappa shape index (κ1) is 15.3. The maximum atomic E-state index is 11.7. The predicted octanol–water partition coefficient (Wildman–Crippen LogP) is 1.22. The van der Waals surface area contributed by atoms with Gasteiger partial charge in [-0.15, -0.1) is 11.8 Å². The average molecular weight is 275 g/mol. The molecule has 0 bridgehead atoms. The molecule has 0 radical (unpaired) electrons. The molecule has 6 heteroatoms. The summed E-state index contributed by atoms with van der Waals surface area (Å²) >= 11 is 1.57. The van der Waals surface area contributed by atoms with E-state index in [1.54, 1.807) is 18.8 Å². The lowest BCUT2D eigenvalue weighted by molar-refractivity contribution is -0.137. The SMILES string of the molecule is CN(CCC(=O)O)C(=O)CSCC1CCCCO1. The zero-order valence-electron chi connectivity index (χ0n) is 10.8. The highest BCUT2D eigenvalue weighted by atomic mass is 32.2. The molecule has 1 fully saturated rings. The summed E-state index contributed by atoms with van der Waals surface area (Å²) in [6.07, 6.45) is 3.70. The first-order chi connectivity index (χ1) is 8.59. The molecule has 1 rings (SSSR count). The Morgan fingerprint density at radius 2 is 2.22 bits per heavy atom. The summed E-state index contributed by atoms with van der Waals surface area (Å²) in [7, 11) is 1.64.